The fraction of sp³-hybridized carbons (Fsp3) is 0. The third-order valence-corrected chi connectivity index (χ3v) is 1.58. The lowest BCUT2D eigenvalue weighted by Gasteiger charge is -2.03. The Balaban J connectivity index is 3.73. The predicted octanol–water partition coefficient (Wildman–Crippen LogP) is 1.87. The van der Waals surface area contributed by atoms with Crippen LogP contribution in [0.1, 0.15) is 20.7 Å². The van der Waals surface area contributed by atoms with Crippen LogP contribution in [-0.4, -0.2) is 12.6 Å². The molecule has 0 heterocycles. The minimum atomic E-state index is -2.12. The molecule has 0 unspecified atom stereocenters. The summed E-state index contributed by atoms with van der Waals surface area (Å²) in [5.74, 6) is -7.98. The maximum Gasteiger partial charge on any atom is 0.198 e. The van der Waals surface area contributed by atoms with E-state index in [0.29, 0.717) is 0 Å². The van der Waals surface area contributed by atoms with Gasteiger partial charge in [-0.2, -0.15) is 0 Å². The van der Waals surface area contributed by atoms with Crippen molar-refractivity contribution in [3.05, 3.63) is 34.4 Å². The zero-order chi connectivity index (χ0) is 10.9. The molecule has 0 saturated carbocycles. The molecule has 2 nitrogen and oxygen atoms in total. The summed E-state index contributed by atoms with van der Waals surface area (Å²) < 4.78 is 50.4. The van der Waals surface area contributed by atoms with Gasteiger partial charge in [-0.05, 0) is 0 Å². The van der Waals surface area contributed by atoms with Crippen molar-refractivity contribution >= 4 is 12.6 Å². The first kappa shape index (κ1) is 10.4. The SMILES string of the molecule is O=Cc1c(F)c(F)c(F)c(F)c1C=O. The average molecular weight is 206 g/mol. The average Bonchev–Trinajstić information content (AvgIpc) is 2.20. The molecule has 0 spiro atoms. The van der Waals surface area contributed by atoms with Crippen molar-refractivity contribution in [2.75, 3.05) is 0 Å². The summed E-state index contributed by atoms with van der Waals surface area (Å²) in [6.07, 6.45) is -0.519. The van der Waals surface area contributed by atoms with Gasteiger partial charge in [0.05, 0.1) is 11.1 Å². The van der Waals surface area contributed by atoms with Crippen LogP contribution in [0, 0.1) is 23.3 Å². The normalized spacial score (nSPS) is 10.0. The van der Waals surface area contributed by atoms with Crippen molar-refractivity contribution in [1.82, 2.24) is 0 Å². The molecule has 0 aliphatic carbocycles. The first-order chi connectivity index (χ1) is 6.54. The fourth-order valence-corrected chi connectivity index (χ4v) is 0.896. The van der Waals surface area contributed by atoms with Crippen molar-refractivity contribution in [3.8, 4) is 0 Å². The number of aldehydes is 2. The van der Waals surface area contributed by atoms with Gasteiger partial charge in [-0.1, -0.05) is 0 Å². The Labute approximate surface area is 75.1 Å². The second kappa shape index (κ2) is 3.57. The summed E-state index contributed by atoms with van der Waals surface area (Å²) in [5, 5.41) is 0. The van der Waals surface area contributed by atoms with Gasteiger partial charge >= 0.3 is 0 Å². The third kappa shape index (κ3) is 1.28. The summed E-state index contributed by atoms with van der Waals surface area (Å²) in [7, 11) is 0. The van der Waals surface area contributed by atoms with E-state index in [9.17, 15) is 27.2 Å². The van der Waals surface area contributed by atoms with Crippen molar-refractivity contribution < 1.29 is 27.2 Å². The third-order valence-electron chi connectivity index (χ3n) is 1.58. The first-order valence-electron chi connectivity index (χ1n) is 3.30. The molecule has 74 valence electrons. The summed E-state index contributed by atoms with van der Waals surface area (Å²) in [5.41, 5.74) is -2.26. The summed E-state index contributed by atoms with van der Waals surface area (Å²) in [6, 6.07) is 0. The predicted molar refractivity (Wildman–Crippen MR) is 37.0 cm³/mol. The number of halogens is 4. The highest BCUT2D eigenvalue weighted by Gasteiger charge is 2.24. The Bertz CT molecular complexity index is 376. The van der Waals surface area contributed by atoms with E-state index in [0.717, 1.165) is 0 Å². The molecule has 1 aromatic rings. The highest BCUT2D eigenvalue weighted by molar-refractivity contribution is 5.90. The molecule has 0 amide bonds. The molecule has 1 rings (SSSR count). The molecule has 6 heteroatoms. The number of carbonyl (C=O) groups excluding carboxylic acids is 2. The summed E-state index contributed by atoms with van der Waals surface area (Å²) in [6.45, 7) is 0. The van der Waals surface area contributed by atoms with E-state index in [1.54, 1.807) is 0 Å². The molecule has 0 fully saturated rings. The molecule has 0 bridgehead atoms. The lowest BCUT2D eigenvalue weighted by molar-refractivity contribution is 0.108. The standard InChI is InChI=1S/C8H2F4O2/c9-5-3(1-13)4(2-14)6(10)8(12)7(5)11/h1-2H. The number of hydrogen-bond acceptors (Lipinski definition) is 2. The smallest absolute Gasteiger partial charge is 0.198 e. The Morgan fingerprint density at radius 1 is 0.643 bits per heavy atom. The Morgan fingerprint density at radius 2 is 0.929 bits per heavy atom. The van der Waals surface area contributed by atoms with Crippen LogP contribution in [0.15, 0.2) is 0 Å². The van der Waals surface area contributed by atoms with Crippen LogP contribution in [0.5, 0.6) is 0 Å². The van der Waals surface area contributed by atoms with Crippen LogP contribution in [0.2, 0.25) is 0 Å². The van der Waals surface area contributed by atoms with E-state index in [1.807, 2.05) is 0 Å². The van der Waals surface area contributed by atoms with Gasteiger partial charge in [-0.25, -0.2) is 17.6 Å². The molecule has 0 saturated heterocycles. The summed E-state index contributed by atoms with van der Waals surface area (Å²) in [4.78, 5) is 20.3. The van der Waals surface area contributed by atoms with Crippen LogP contribution in [0.4, 0.5) is 17.6 Å². The lowest BCUT2D eigenvalue weighted by atomic mass is 10.1. The first-order valence-corrected chi connectivity index (χ1v) is 3.30. The maximum absolute atomic E-state index is 12.7. The van der Waals surface area contributed by atoms with Crippen LogP contribution in [0.3, 0.4) is 0 Å². The number of benzene rings is 1. The number of carbonyl (C=O) groups is 2. The molecule has 14 heavy (non-hydrogen) atoms. The van der Waals surface area contributed by atoms with Crippen molar-refractivity contribution in [3.63, 3.8) is 0 Å². The quantitative estimate of drug-likeness (QED) is 0.320. The second-order valence-corrected chi connectivity index (χ2v) is 2.32. The topological polar surface area (TPSA) is 34.1 Å². The van der Waals surface area contributed by atoms with E-state index < -0.39 is 34.4 Å². The molecular weight excluding hydrogens is 204 g/mol. The van der Waals surface area contributed by atoms with Gasteiger partial charge in [0.25, 0.3) is 0 Å². The lowest BCUT2D eigenvalue weighted by Crippen LogP contribution is -2.07. The van der Waals surface area contributed by atoms with Crippen molar-refractivity contribution in [1.29, 1.82) is 0 Å². The Morgan fingerprint density at radius 3 is 1.14 bits per heavy atom. The maximum atomic E-state index is 12.7. The van der Waals surface area contributed by atoms with Gasteiger partial charge in [0, 0.05) is 0 Å². The van der Waals surface area contributed by atoms with E-state index in [4.69, 9.17) is 0 Å². The number of rotatable bonds is 2. The minimum absolute atomic E-state index is 0.259. The van der Waals surface area contributed by atoms with Gasteiger partial charge in [0.1, 0.15) is 0 Å². The fourth-order valence-electron chi connectivity index (χ4n) is 0.896. The zero-order valence-electron chi connectivity index (χ0n) is 6.48. The molecule has 0 atom stereocenters. The van der Waals surface area contributed by atoms with Crippen molar-refractivity contribution in [2.45, 2.75) is 0 Å². The molecule has 0 radical (unpaired) electrons. The highest BCUT2D eigenvalue weighted by Crippen LogP contribution is 2.21. The molecule has 1 aromatic carbocycles. The van der Waals surface area contributed by atoms with Crippen LogP contribution >= 0.6 is 0 Å². The second-order valence-electron chi connectivity index (χ2n) is 2.32. The van der Waals surface area contributed by atoms with Gasteiger partial charge in [-0.3, -0.25) is 9.59 Å². The Hall–Kier alpha value is -1.72. The van der Waals surface area contributed by atoms with Crippen molar-refractivity contribution in [2.24, 2.45) is 0 Å². The molecule has 0 aromatic heterocycles. The van der Waals surface area contributed by atoms with E-state index in [1.165, 1.54) is 0 Å². The zero-order valence-corrected chi connectivity index (χ0v) is 6.48. The van der Waals surface area contributed by atoms with Gasteiger partial charge < -0.3 is 0 Å². The molecular formula is C8H2F4O2. The molecule has 0 aliphatic rings. The summed E-state index contributed by atoms with van der Waals surface area (Å²) >= 11 is 0. The monoisotopic (exact) mass is 206 g/mol. The largest absolute Gasteiger partial charge is 0.298 e. The minimum Gasteiger partial charge on any atom is -0.298 e. The van der Waals surface area contributed by atoms with Crippen LogP contribution in [-0.2, 0) is 0 Å². The van der Waals surface area contributed by atoms with Gasteiger partial charge in [0.2, 0.25) is 0 Å². The Kier molecular flexibility index (Phi) is 2.64. The highest BCUT2D eigenvalue weighted by atomic mass is 19.2. The molecule has 0 aliphatic heterocycles. The number of hydrogen-bond donors (Lipinski definition) is 0. The van der Waals surface area contributed by atoms with E-state index in [-0.39, 0.29) is 12.6 Å². The van der Waals surface area contributed by atoms with Gasteiger partial charge in [0.15, 0.2) is 35.8 Å². The molecule has 0 N–H and O–H groups in total. The van der Waals surface area contributed by atoms with Crippen LogP contribution < -0.4 is 0 Å². The van der Waals surface area contributed by atoms with Gasteiger partial charge in [-0.15, -0.1) is 0 Å². The van der Waals surface area contributed by atoms with Crippen LogP contribution in [0.25, 0.3) is 0 Å². The van der Waals surface area contributed by atoms with E-state index in [2.05, 4.69) is 0 Å². The van der Waals surface area contributed by atoms with E-state index >= 15 is 0 Å².